The molecule has 4 aromatic rings. The molecule has 0 aliphatic rings. The molecule has 0 atom stereocenters. The Labute approximate surface area is 184 Å². The molecule has 2 aromatic carbocycles. The number of hydrogen-bond acceptors (Lipinski definition) is 6. The predicted molar refractivity (Wildman–Crippen MR) is 120 cm³/mol. The highest BCUT2D eigenvalue weighted by Gasteiger charge is 2.22. The highest BCUT2D eigenvalue weighted by atomic mass is 32.2. The van der Waals surface area contributed by atoms with Gasteiger partial charge in [-0.2, -0.15) is 0 Å². The molecule has 0 radical (unpaired) electrons. The van der Waals surface area contributed by atoms with E-state index in [2.05, 4.69) is 10.3 Å². The molecule has 2 heterocycles. The van der Waals surface area contributed by atoms with Crippen molar-refractivity contribution in [1.29, 1.82) is 0 Å². The second-order valence-electron chi connectivity index (χ2n) is 6.73. The van der Waals surface area contributed by atoms with Gasteiger partial charge in [-0.05, 0) is 54.3 Å². The van der Waals surface area contributed by atoms with Crippen molar-refractivity contribution in [1.82, 2.24) is 10.3 Å². The van der Waals surface area contributed by atoms with Crippen LogP contribution >= 0.6 is 11.3 Å². The smallest absolute Gasteiger partial charge is 0.261 e. The summed E-state index contributed by atoms with van der Waals surface area (Å²) in [5, 5.41) is 3.85. The SMILES string of the molecule is CCOc1ccccc1S(=O)(=O)c1ccc(CNC(=O)c2cc3ccncc3s2)cc1. The predicted octanol–water partition coefficient (Wildman–Crippen LogP) is 4.46. The average molecular weight is 453 g/mol. The van der Waals surface area contributed by atoms with E-state index >= 15 is 0 Å². The lowest BCUT2D eigenvalue weighted by molar-refractivity contribution is 0.0955. The third-order valence-corrected chi connectivity index (χ3v) is 7.57. The average Bonchev–Trinajstić information content (AvgIpc) is 3.23. The number of aromatic nitrogens is 1. The van der Waals surface area contributed by atoms with Crippen LogP contribution < -0.4 is 10.1 Å². The molecule has 158 valence electrons. The number of hydrogen-bond donors (Lipinski definition) is 1. The number of nitrogens with zero attached hydrogens (tertiary/aromatic N) is 1. The zero-order valence-corrected chi connectivity index (χ0v) is 18.4. The van der Waals surface area contributed by atoms with Gasteiger partial charge in [-0.1, -0.05) is 24.3 Å². The van der Waals surface area contributed by atoms with Gasteiger partial charge in [-0.25, -0.2) is 8.42 Å². The van der Waals surface area contributed by atoms with Crippen LogP contribution in [0.3, 0.4) is 0 Å². The molecule has 1 N–H and O–H groups in total. The van der Waals surface area contributed by atoms with E-state index < -0.39 is 9.84 Å². The number of rotatable bonds is 7. The number of sulfone groups is 1. The summed E-state index contributed by atoms with van der Waals surface area (Å²) in [5.41, 5.74) is 0.799. The first kappa shape index (κ1) is 21.0. The van der Waals surface area contributed by atoms with E-state index in [1.807, 2.05) is 19.1 Å². The summed E-state index contributed by atoms with van der Waals surface area (Å²) in [6.45, 7) is 2.48. The zero-order valence-electron chi connectivity index (χ0n) is 16.7. The highest BCUT2D eigenvalue weighted by molar-refractivity contribution is 7.91. The molecule has 0 saturated carbocycles. The number of nitrogens with one attached hydrogen (secondary N) is 1. The molecule has 0 fully saturated rings. The number of fused-ring (bicyclic) bond motifs is 1. The number of para-hydroxylation sites is 1. The van der Waals surface area contributed by atoms with Gasteiger partial charge in [0, 0.05) is 18.9 Å². The molecular weight excluding hydrogens is 432 g/mol. The standard InChI is InChI=1S/C23H20N2O4S2/c1-2-29-19-5-3-4-6-22(19)31(27,28)18-9-7-16(8-10-18)14-25-23(26)20-13-17-11-12-24-15-21(17)30-20/h3-13,15H,2,14H2,1H3,(H,25,26). The van der Waals surface area contributed by atoms with Crippen molar-refractivity contribution in [3.05, 3.63) is 83.5 Å². The van der Waals surface area contributed by atoms with Crippen molar-refractivity contribution in [2.75, 3.05) is 6.61 Å². The first-order valence-corrected chi connectivity index (χ1v) is 12.0. The summed E-state index contributed by atoms with van der Waals surface area (Å²) in [7, 11) is -3.71. The van der Waals surface area contributed by atoms with E-state index in [1.54, 1.807) is 54.9 Å². The fourth-order valence-corrected chi connectivity index (χ4v) is 5.47. The van der Waals surface area contributed by atoms with Gasteiger partial charge < -0.3 is 10.1 Å². The first-order valence-electron chi connectivity index (χ1n) is 9.66. The van der Waals surface area contributed by atoms with E-state index in [9.17, 15) is 13.2 Å². The maximum absolute atomic E-state index is 13.0. The lowest BCUT2D eigenvalue weighted by Gasteiger charge is -2.11. The summed E-state index contributed by atoms with van der Waals surface area (Å²) in [4.78, 5) is 17.4. The number of carbonyl (C=O) groups is 1. The molecule has 0 unspecified atom stereocenters. The molecular formula is C23H20N2O4S2. The Bertz CT molecular complexity index is 1300. The molecule has 1 amide bonds. The first-order chi connectivity index (χ1) is 15.0. The van der Waals surface area contributed by atoms with E-state index in [0.29, 0.717) is 23.8 Å². The van der Waals surface area contributed by atoms with E-state index in [0.717, 1.165) is 15.6 Å². The minimum Gasteiger partial charge on any atom is -0.493 e. The largest absolute Gasteiger partial charge is 0.493 e. The zero-order chi connectivity index (χ0) is 21.8. The van der Waals surface area contributed by atoms with Crippen molar-refractivity contribution in [3.63, 3.8) is 0 Å². The minimum absolute atomic E-state index is 0.136. The molecule has 0 aliphatic heterocycles. The van der Waals surface area contributed by atoms with E-state index in [4.69, 9.17) is 4.74 Å². The number of ether oxygens (including phenoxy) is 1. The van der Waals surface area contributed by atoms with Gasteiger partial charge in [-0.3, -0.25) is 9.78 Å². The Balaban J connectivity index is 1.47. The minimum atomic E-state index is -3.71. The number of thiophene rings is 1. The number of pyridine rings is 1. The van der Waals surface area contributed by atoms with Crippen LogP contribution in [0.5, 0.6) is 5.75 Å². The summed E-state index contributed by atoms with van der Waals surface area (Å²) >= 11 is 1.38. The molecule has 0 saturated heterocycles. The lowest BCUT2D eigenvalue weighted by atomic mass is 10.2. The normalized spacial score (nSPS) is 11.4. The fraction of sp³-hybridized carbons (Fsp3) is 0.130. The molecule has 0 aliphatic carbocycles. The van der Waals surface area contributed by atoms with Crippen molar-refractivity contribution < 1.29 is 17.9 Å². The fourth-order valence-electron chi connectivity index (χ4n) is 3.13. The molecule has 31 heavy (non-hydrogen) atoms. The molecule has 8 heteroatoms. The van der Waals surface area contributed by atoms with Gasteiger partial charge in [0.05, 0.1) is 21.1 Å². The quantitative estimate of drug-likeness (QED) is 0.448. The molecule has 6 nitrogen and oxygen atoms in total. The van der Waals surface area contributed by atoms with Crippen molar-refractivity contribution in [3.8, 4) is 5.75 Å². The van der Waals surface area contributed by atoms with Crippen LogP contribution in [0.4, 0.5) is 0 Å². The summed E-state index contributed by atoms with van der Waals surface area (Å²) in [6.07, 6.45) is 3.43. The highest BCUT2D eigenvalue weighted by Crippen LogP contribution is 2.29. The third-order valence-electron chi connectivity index (χ3n) is 4.67. The van der Waals surface area contributed by atoms with Gasteiger partial charge in [0.15, 0.2) is 0 Å². The van der Waals surface area contributed by atoms with Gasteiger partial charge in [0.25, 0.3) is 5.91 Å². The number of benzene rings is 2. The maximum atomic E-state index is 13.0. The van der Waals surface area contributed by atoms with Crippen LogP contribution in [0.25, 0.3) is 10.1 Å². The second kappa shape index (κ2) is 8.87. The van der Waals surface area contributed by atoms with Crippen LogP contribution in [0.15, 0.2) is 82.8 Å². The second-order valence-corrected chi connectivity index (χ2v) is 9.74. The lowest BCUT2D eigenvalue weighted by Crippen LogP contribution is -2.21. The van der Waals surface area contributed by atoms with E-state index in [1.165, 1.54) is 17.4 Å². The maximum Gasteiger partial charge on any atom is 0.261 e. The van der Waals surface area contributed by atoms with Gasteiger partial charge in [0.2, 0.25) is 9.84 Å². The van der Waals surface area contributed by atoms with Crippen LogP contribution in [-0.2, 0) is 16.4 Å². The summed E-state index contributed by atoms with van der Waals surface area (Å²) in [6, 6.07) is 16.8. The van der Waals surface area contributed by atoms with Crippen LogP contribution in [-0.4, -0.2) is 25.9 Å². The summed E-state index contributed by atoms with van der Waals surface area (Å²) < 4.78 is 32.5. The Morgan fingerprint density at radius 3 is 2.61 bits per heavy atom. The van der Waals surface area contributed by atoms with Gasteiger partial charge in [0.1, 0.15) is 10.6 Å². The van der Waals surface area contributed by atoms with Gasteiger partial charge >= 0.3 is 0 Å². The van der Waals surface area contributed by atoms with Crippen molar-refractivity contribution in [2.45, 2.75) is 23.3 Å². The Kier molecular flexibility index (Phi) is 6.01. The third kappa shape index (κ3) is 4.45. The van der Waals surface area contributed by atoms with Crippen molar-refractivity contribution in [2.24, 2.45) is 0 Å². The summed E-state index contributed by atoms with van der Waals surface area (Å²) in [5.74, 6) is 0.156. The Morgan fingerprint density at radius 1 is 1.10 bits per heavy atom. The molecule has 4 rings (SSSR count). The van der Waals surface area contributed by atoms with Crippen LogP contribution in [0, 0.1) is 0 Å². The van der Waals surface area contributed by atoms with Crippen LogP contribution in [0.1, 0.15) is 22.2 Å². The van der Waals surface area contributed by atoms with Gasteiger partial charge in [-0.15, -0.1) is 11.3 Å². The topological polar surface area (TPSA) is 85.4 Å². The monoisotopic (exact) mass is 452 g/mol. The van der Waals surface area contributed by atoms with Crippen molar-refractivity contribution >= 4 is 37.2 Å². The van der Waals surface area contributed by atoms with Crippen LogP contribution in [0.2, 0.25) is 0 Å². The Hall–Kier alpha value is -3.23. The van der Waals surface area contributed by atoms with E-state index in [-0.39, 0.29) is 15.7 Å². The number of amides is 1. The Morgan fingerprint density at radius 2 is 1.87 bits per heavy atom. The molecule has 2 aromatic heterocycles. The molecule has 0 spiro atoms. The number of carbonyl (C=O) groups excluding carboxylic acids is 1. The molecule has 0 bridgehead atoms.